The van der Waals surface area contributed by atoms with Crippen LogP contribution in [-0.4, -0.2) is 57.5 Å². The van der Waals surface area contributed by atoms with Crippen molar-refractivity contribution in [2.24, 2.45) is 16.8 Å². The molecule has 1 fully saturated rings. The first-order valence-corrected chi connectivity index (χ1v) is 10.1. The maximum absolute atomic E-state index is 11.7. The zero-order chi connectivity index (χ0) is 19.2. The average Bonchev–Trinajstić information content (AvgIpc) is 3.39. The molecule has 1 aliphatic carbocycles. The van der Waals surface area contributed by atoms with E-state index in [4.69, 9.17) is 9.47 Å². The molecule has 1 saturated carbocycles. The molecule has 7 heteroatoms. The van der Waals surface area contributed by atoms with Crippen LogP contribution >= 0.6 is 0 Å². The van der Waals surface area contributed by atoms with Crippen molar-refractivity contribution in [2.75, 3.05) is 39.5 Å². The summed E-state index contributed by atoms with van der Waals surface area (Å²) in [4.78, 5) is 16.3. The van der Waals surface area contributed by atoms with Gasteiger partial charge >= 0.3 is 6.09 Å². The van der Waals surface area contributed by atoms with Crippen molar-refractivity contribution in [1.29, 1.82) is 0 Å². The quantitative estimate of drug-likeness (QED) is 0.264. The molecule has 1 amide bonds. The zero-order valence-corrected chi connectivity index (χ0v) is 17.0. The first-order valence-electron chi connectivity index (χ1n) is 10.1. The van der Waals surface area contributed by atoms with E-state index in [1.807, 2.05) is 6.92 Å². The second-order valence-electron chi connectivity index (χ2n) is 7.21. The Morgan fingerprint density at radius 1 is 1.23 bits per heavy atom. The monoisotopic (exact) mass is 370 g/mol. The van der Waals surface area contributed by atoms with Gasteiger partial charge in [-0.1, -0.05) is 13.8 Å². The van der Waals surface area contributed by atoms with Gasteiger partial charge in [0.2, 0.25) is 0 Å². The van der Waals surface area contributed by atoms with E-state index in [-0.39, 0.29) is 12.1 Å². The van der Waals surface area contributed by atoms with E-state index < -0.39 is 0 Å². The molecule has 7 nitrogen and oxygen atoms in total. The maximum Gasteiger partial charge on any atom is 0.407 e. The minimum Gasteiger partial charge on any atom is -0.450 e. The number of amides is 1. The van der Waals surface area contributed by atoms with Crippen LogP contribution in [-0.2, 0) is 9.47 Å². The van der Waals surface area contributed by atoms with Crippen molar-refractivity contribution < 1.29 is 14.3 Å². The van der Waals surface area contributed by atoms with Crippen molar-refractivity contribution in [3.05, 3.63) is 0 Å². The molecule has 26 heavy (non-hydrogen) atoms. The number of rotatable bonds is 13. The van der Waals surface area contributed by atoms with E-state index in [9.17, 15) is 4.79 Å². The molecule has 0 aromatic rings. The minimum absolute atomic E-state index is 0.0358. The van der Waals surface area contributed by atoms with Gasteiger partial charge < -0.3 is 25.4 Å². The van der Waals surface area contributed by atoms with Gasteiger partial charge in [0.1, 0.15) is 0 Å². The van der Waals surface area contributed by atoms with E-state index in [2.05, 4.69) is 34.8 Å². The zero-order valence-electron chi connectivity index (χ0n) is 17.0. The van der Waals surface area contributed by atoms with Gasteiger partial charge in [0, 0.05) is 26.3 Å². The molecule has 152 valence electrons. The average molecular weight is 371 g/mol. The third-order valence-electron chi connectivity index (χ3n) is 3.98. The third-order valence-corrected chi connectivity index (χ3v) is 3.98. The summed E-state index contributed by atoms with van der Waals surface area (Å²) in [5, 5.41) is 9.47. The van der Waals surface area contributed by atoms with Crippen LogP contribution in [0.2, 0.25) is 0 Å². The summed E-state index contributed by atoms with van der Waals surface area (Å²) in [5.41, 5.74) is 0. The lowest BCUT2D eigenvalue weighted by Crippen LogP contribution is -2.42. The Kier molecular flexibility index (Phi) is 11.9. The molecule has 3 N–H and O–H groups in total. The number of hydrogen-bond donors (Lipinski definition) is 3. The summed E-state index contributed by atoms with van der Waals surface area (Å²) in [7, 11) is 0. The molecule has 1 unspecified atom stereocenters. The van der Waals surface area contributed by atoms with Crippen molar-refractivity contribution >= 4 is 12.1 Å². The summed E-state index contributed by atoms with van der Waals surface area (Å²) in [6.07, 6.45) is 4.09. The molecule has 0 heterocycles. The van der Waals surface area contributed by atoms with Crippen molar-refractivity contribution in [2.45, 2.75) is 59.4 Å². The molecule has 0 radical (unpaired) electrons. The van der Waals surface area contributed by atoms with Gasteiger partial charge in [-0.25, -0.2) is 4.79 Å². The fourth-order valence-electron chi connectivity index (χ4n) is 2.55. The highest BCUT2D eigenvalue weighted by Crippen LogP contribution is 2.28. The number of guanidine groups is 1. The van der Waals surface area contributed by atoms with Gasteiger partial charge in [-0.05, 0) is 51.4 Å². The number of hydrogen-bond acceptors (Lipinski definition) is 4. The molecule has 0 saturated heterocycles. The van der Waals surface area contributed by atoms with Crippen molar-refractivity contribution in [1.82, 2.24) is 16.0 Å². The number of aliphatic imine (C=N–C) groups is 1. The molecule has 0 spiro atoms. The molecule has 0 bridgehead atoms. The first kappa shape index (κ1) is 22.5. The van der Waals surface area contributed by atoms with Crippen LogP contribution < -0.4 is 16.0 Å². The largest absolute Gasteiger partial charge is 0.450 e. The summed E-state index contributed by atoms with van der Waals surface area (Å²) in [6.45, 7) is 12.3. The summed E-state index contributed by atoms with van der Waals surface area (Å²) >= 11 is 0. The van der Waals surface area contributed by atoms with E-state index >= 15 is 0 Å². The van der Waals surface area contributed by atoms with Crippen LogP contribution in [0.15, 0.2) is 4.99 Å². The normalized spacial score (nSPS) is 15.7. The molecule has 1 rings (SSSR count). The Morgan fingerprint density at radius 3 is 2.62 bits per heavy atom. The fraction of sp³-hybridized carbons (Fsp3) is 0.895. The Morgan fingerprint density at radius 2 is 2.00 bits per heavy atom. The highest BCUT2D eigenvalue weighted by atomic mass is 16.5. The summed E-state index contributed by atoms with van der Waals surface area (Å²) in [5.74, 6) is 2.05. The predicted molar refractivity (Wildman–Crippen MR) is 106 cm³/mol. The van der Waals surface area contributed by atoms with Crippen LogP contribution in [0.1, 0.15) is 53.4 Å². The fourth-order valence-corrected chi connectivity index (χ4v) is 2.55. The molecule has 0 aromatic heterocycles. The lowest BCUT2D eigenvalue weighted by Gasteiger charge is -2.19. The van der Waals surface area contributed by atoms with Crippen LogP contribution in [0, 0.1) is 11.8 Å². The standard InChI is InChI=1S/C19H38N4O3/c1-5-20-18(21-10-7-11-25-14-16-8-9-16)22-13-17(12-15(3)4)23-19(24)26-6-2/h15-17H,5-14H2,1-4H3,(H,23,24)(H2,20,21,22). The number of carbonyl (C=O) groups excluding carboxylic acids is 1. The second kappa shape index (κ2) is 13.7. The van der Waals surface area contributed by atoms with E-state index in [0.717, 1.165) is 51.0 Å². The summed E-state index contributed by atoms with van der Waals surface area (Å²) in [6, 6.07) is -0.0358. The van der Waals surface area contributed by atoms with Crippen molar-refractivity contribution in [3.63, 3.8) is 0 Å². The molecular weight excluding hydrogens is 332 g/mol. The van der Waals surface area contributed by atoms with Gasteiger partial charge in [0.15, 0.2) is 5.96 Å². The Bertz CT molecular complexity index is 412. The van der Waals surface area contributed by atoms with Crippen LogP contribution in [0.5, 0.6) is 0 Å². The Labute approximate surface area is 158 Å². The van der Waals surface area contributed by atoms with Crippen LogP contribution in [0.4, 0.5) is 4.79 Å². The summed E-state index contributed by atoms with van der Waals surface area (Å²) < 4.78 is 10.6. The molecular formula is C19H38N4O3. The highest BCUT2D eigenvalue weighted by Gasteiger charge is 2.20. The third kappa shape index (κ3) is 12.0. The van der Waals surface area contributed by atoms with Gasteiger partial charge in [0.05, 0.1) is 19.2 Å². The number of alkyl carbamates (subject to hydrolysis) is 1. The Balaban J connectivity index is 2.36. The smallest absolute Gasteiger partial charge is 0.407 e. The van der Waals surface area contributed by atoms with Gasteiger partial charge in [-0.15, -0.1) is 0 Å². The lowest BCUT2D eigenvalue weighted by molar-refractivity contribution is 0.123. The number of carbonyl (C=O) groups is 1. The lowest BCUT2D eigenvalue weighted by atomic mass is 10.0. The second-order valence-corrected chi connectivity index (χ2v) is 7.21. The molecule has 0 aliphatic heterocycles. The van der Waals surface area contributed by atoms with Crippen LogP contribution in [0.25, 0.3) is 0 Å². The van der Waals surface area contributed by atoms with E-state index in [1.165, 1.54) is 12.8 Å². The minimum atomic E-state index is -0.376. The molecule has 0 aromatic carbocycles. The van der Waals surface area contributed by atoms with Crippen LogP contribution in [0.3, 0.4) is 0 Å². The topological polar surface area (TPSA) is 84.0 Å². The van der Waals surface area contributed by atoms with Gasteiger partial charge in [0.25, 0.3) is 0 Å². The number of nitrogens with zero attached hydrogens (tertiary/aromatic N) is 1. The van der Waals surface area contributed by atoms with E-state index in [1.54, 1.807) is 6.92 Å². The number of nitrogens with one attached hydrogen (secondary N) is 3. The van der Waals surface area contributed by atoms with Gasteiger partial charge in [-0.2, -0.15) is 0 Å². The molecule has 1 aliphatic rings. The highest BCUT2D eigenvalue weighted by molar-refractivity contribution is 5.79. The van der Waals surface area contributed by atoms with Crippen molar-refractivity contribution in [3.8, 4) is 0 Å². The first-order chi connectivity index (χ1) is 12.5. The van der Waals surface area contributed by atoms with E-state index in [0.29, 0.717) is 19.1 Å². The predicted octanol–water partition coefficient (Wildman–Crippen LogP) is 2.52. The SMILES string of the molecule is CCNC(=NCC(CC(C)C)NC(=O)OCC)NCCCOCC1CC1. The number of ether oxygens (including phenoxy) is 2. The Hall–Kier alpha value is -1.50. The molecule has 1 atom stereocenters. The maximum atomic E-state index is 11.7. The van der Waals surface area contributed by atoms with Gasteiger partial charge in [-0.3, -0.25) is 4.99 Å².